The first kappa shape index (κ1) is 25.2. The van der Waals surface area contributed by atoms with Crippen molar-refractivity contribution in [3.63, 3.8) is 0 Å². The highest BCUT2D eigenvalue weighted by Gasteiger charge is 2.07. The van der Waals surface area contributed by atoms with Crippen LogP contribution in [-0.4, -0.2) is 50.9 Å². The van der Waals surface area contributed by atoms with Crippen molar-refractivity contribution in [2.24, 2.45) is 0 Å². The predicted octanol–water partition coefficient (Wildman–Crippen LogP) is 3.14. The molecule has 4 N–H and O–H groups in total. The van der Waals surface area contributed by atoms with Crippen LogP contribution in [0.15, 0.2) is 24.7 Å². The van der Waals surface area contributed by atoms with E-state index in [0.29, 0.717) is 18.8 Å². The van der Waals surface area contributed by atoms with E-state index in [-0.39, 0.29) is 12.1 Å². The molecule has 0 aliphatic heterocycles. The monoisotopic (exact) mass is 397 g/mol. The number of imidazole rings is 1. The molecule has 0 aliphatic rings. The largest absolute Gasteiger partial charge is 0.478 e. The first-order valence-electron chi connectivity index (χ1n) is 9.39. The molecule has 0 saturated heterocycles. The van der Waals surface area contributed by atoms with Crippen molar-refractivity contribution in [2.75, 3.05) is 6.61 Å². The molecule has 0 radical (unpaired) electrons. The molecule has 9 heteroatoms. The van der Waals surface area contributed by atoms with E-state index in [1.165, 1.54) is 19.3 Å². The quantitative estimate of drug-likeness (QED) is 0.313. The average Bonchev–Trinajstić information content (AvgIpc) is 3.15. The Labute approximate surface area is 165 Å². The van der Waals surface area contributed by atoms with Crippen molar-refractivity contribution < 1.29 is 29.3 Å². The number of carbonyl (C=O) groups is 3. The molecule has 0 spiro atoms. The summed E-state index contributed by atoms with van der Waals surface area (Å²) in [6, 6.07) is 0.187. The Bertz CT molecular complexity index is 570. The zero-order valence-corrected chi connectivity index (χ0v) is 16.5. The smallest absolute Gasteiger partial charge is 0.407 e. The zero-order chi connectivity index (χ0) is 21.2. The van der Waals surface area contributed by atoms with Crippen LogP contribution in [0.25, 0.3) is 0 Å². The van der Waals surface area contributed by atoms with E-state index in [9.17, 15) is 14.4 Å². The van der Waals surface area contributed by atoms with E-state index in [1.807, 2.05) is 6.92 Å². The van der Waals surface area contributed by atoms with Gasteiger partial charge < -0.3 is 25.3 Å². The lowest BCUT2D eigenvalue weighted by molar-refractivity contribution is -0.134. The third kappa shape index (κ3) is 16.6. The minimum absolute atomic E-state index is 0.187. The van der Waals surface area contributed by atoms with Gasteiger partial charge in [-0.1, -0.05) is 32.6 Å². The number of carboxylic acids is 2. The van der Waals surface area contributed by atoms with Crippen LogP contribution in [0.1, 0.15) is 58.1 Å². The van der Waals surface area contributed by atoms with Gasteiger partial charge in [0, 0.05) is 30.1 Å². The summed E-state index contributed by atoms with van der Waals surface area (Å²) < 4.78 is 5.15. The van der Waals surface area contributed by atoms with E-state index in [2.05, 4.69) is 22.2 Å². The summed E-state index contributed by atoms with van der Waals surface area (Å²) in [4.78, 5) is 37.6. The molecule has 0 bridgehead atoms. The van der Waals surface area contributed by atoms with E-state index in [0.717, 1.165) is 31.4 Å². The van der Waals surface area contributed by atoms with Gasteiger partial charge in [-0.15, -0.1) is 0 Å². The van der Waals surface area contributed by atoms with Crippen molar-refractivity contribution in [2.45, 2.75) is 64.8 Å². The molecule has 0 fully saturated rings. The number of alkyl carbamates (subject to hydrolysis) is 1. The van der Waals surface area contributed by atoms with Gasteiger partial charge in [-0.3, -0.25) is 0 Å². The normalized spacial score (nSPS) is 11.4. The highest BCUT2D eigenvalue weighted by atomic mass is 16.5. The number of aryl methyl sites for hydroxylation is 1. The second-order valence-corrected chi connectivity index (χ2v) is 6.22. The standard InChI is InChI=1S/C15H27N3O2.C4H4O4/c1-3-4-5-6-8-13(2)18-15(19)20-10-7-9-14-11-16-12-17-14;5-3(6)1-2-4(7)8/h11-13H,3-10H2,1-2H3,(H,16,17)(H,18,19);1-2H,(H,5,6)(H,7,8)/b;2-1+. The van der Waals surface area contributed by atoms with Crippen molar-refractivity contribution in [1.82, 2.24) is 15.3 Å². The lowest BCUT2D eigenvalue weighted by Gasteiger charge is -2.13. The molecular weight excluding hydrogens is 366 g/mol. The number of ether oxygens (including phenoxy) is 1. The summed E-state index contributed by atoms with van der Waals surface area (Å²) in [5.74, 6) is -2.51. The van der Waals surface area contributed by atoms with Crippen molar-refractivity contribution in [3.8, 4) is 0 Å². The molecule has 0 saturated carbocycles. The number of aromatic amines is 1. The van der Waals surface area contributed by atoms with Crippen molar-refractivity contribution >= 4 is 18.0 Å². The van der Waals surface area contributed by atoms with Gasteiger partial charge in [0.25, 0.3) is 0 Å². The average molecular weight is 397 g/mol. The Hall–Kier alpha value is -2.84. The molecule has 1 amide bonds. The van der Waals surface area contributed by atoms with Crippen LogP contribution in [0.2, 0.25) is 0 Å². The van der Waals surface area contributed by atoms with E-state index in [4.69, 9.17) is 14.9 Å². The number of carbonyl (C=O) groups excluding carboxylic acids is 1. The van der Waals surface area contributed by atoms with Crippen LogP contribution in [0.4, 0.5) is 4.79 Å². The molecule has 1 aromatic heterocycles. The van der Waals surface area contributed by atoms with Crippen molar-refractivity contribution in [1.29, 1.82) is 0 Å². The number of hydrogen-bond acceptors (Lipinski definition) is 5. The summed E-state index contributed by atoms with van der Waals surface area (Å²) in [5.41, 5.74) is 1.07. The fourth-order valence-electron chi connectivity index (χ4n) is 2.18. The number of rotatable bonds is 12. The molecular formula is C19H31N3O6. The summed E-state index contributed by atoms with van der Waals surface area (Å²) in [5, 5.41) is 18.5. The van der Waals surface area contributed by atoms with Gasteiger partial charge in [0.1, 0.15) is 0 Å². The van der Waals surface area contributed by atoms with Crippen LogP contribution < -0.4 is 5.32 Å². The molecule has 1 heterocycles. The summed E-state index contributed by atoms with van der Waals surface area (Å²) in [6.07, 6.45) is 11.8. The molecule has 28 heavy (non-hydrogen) atoms. The van der Waals surface area contributed by atoms with Crippen molar-refractivity contribution in [3.05, 3.63) is 30.4 Å². The molecule has 158 valence electrons. The summed E-state index contributed by atoms with van der Waals surface area (Å²) >= 11 is 0. The first-order chi connectivity index (χ1) is 13.3. The topological polar surface area (TPSA) is 142 Å². The number of aromatic nitrogens is 2. The third-order valence-electron chi connectivity index (χ3n) is 3.60. The van der Waals surface area contributed by atoms with Crippen LogP contribution in [0.5, 0.6) is 0 Å². The zero-order valence-electron chi connectivity index (χ0n) is 16.5. The molecule has 1 aromatic rings. The number of H-pyrrole nitrogens is 1. The Kier molecular flexibility index (Phi) is 14.7. The molecule has 9 nitrogen and oxygen atoms in total. The second kappa shape index (κ2) is 16.3. The fraction of sp³-hybridized carbons (Fsp3) is 0.579. The minimum Gasteiger partial charge on any atom is -0.478 e. The number of aliphatic carboxylic acids is 2. The van der Waals surface area contributed by atoms with Crippen LogP contribution in [0.3, 0.4) is 0 Å². The first-order valence-corrected chi connectivity index (χ1v) is 9.39. The lowest BCUT2D eigenvalue weighted by atomic mass is 10.1. The maximum absolute atomic E-state index is 11.6. The Morgan fingerprint density at radius 1 is 1.18 bits per heavy atom. The number of nitrogens with zero attached hydrogens (tertiary/aromatic N) is 1. The highest BCUT2D eigenvalue weighted by Crippen LogP contribution is 2.05. The van der Waals surface area contributed by atoms with E-state index >= 15 is 0 Å². The summed E-state index contributed by atoms with van der Waals surface area (Å²) in [6.45, 7) is 4.66. The van der Waals surface area contributed by atoms with Gasteiger partial charge in [0.05, 0.1) is 12.9 Å². The molecule has 1 rings (SSSR count). The van der Waals surface area contributed by atoms with Crippen LogP contribution in [-0.2, 0) is 20.7 Å². The molecule has 0 aliphatic carbocycles. The highest BCUT2D eigenvalue weighted by molar-refractivity contribution is 5.89. The van der Waals surface area contributed by atoms with Gasteiger partial charge in [-0.05, 0) is 26.2 Å². The summed E-state index contributed by atoms with van der Waals surface area (Å²) in [7, 11) is 0. The Morgan fingerprint density at radius 2 is 1.86 bits per heavy atom. The van der Waals surface area contributed by atoms with Gasteiger partial charge in [0.15, 0.2) is 0 Å². The Balaban J connectivity index is 0.000000769. The number of carboxylic acid groups (broad SMARTS) is 2. The maximum atomic E-state index is 11.6. The SMILES string of the molecule is CCCCCCC(C)NC(=O)OCCCc1cnc[nH]1.O=C(O)/C=C/C(=O)O. The fourth-order valence-corrected chi connectivity index (χ4v) is 2.18. The number of amides is 1. The van der Waals surface area contributed by atoms with Gasteiger partial charge in [-0.2, -0.15) is 0 Å². The van der Waals surface area contributed by atoms with Gasteiger partial charge in [-0.25, -0.2) is 19.4 Å². The lowest BCUT2D eigenvalue weighted by Crippen LogP contribution is -2.33. The molecule has 1 atom stereocenters. The van der Waals surface area contributed by atoms with Crippen LogP contribution in [0, 0.1) is 0 Å². The van der Waals surface area contributed by atoms with Crippen LogP contribution >= 0.6 is 0 Å². The second-order valence-electron chi connectivity index (χ2n) is 6.22. The number of nitrogens with one attached hydrogen (secondary N) is 2. The van der Waals surface area contributed by atoms with E-state index < -0.39 is 11.9 Å². The van der Waals surface area contributed by atoms with Gasteiger partial charge >= 0.3 is 18.0 Å². The molecule has 1 unspecified atom stereocenters. The number of unbranched alkanes of at least 4 members (excludes halogenated alkanes) is 3. The minimum atomic E-state index is -1.26. The Morgan fingerprint density at radius 3 is 2.39 bits per heavy atom. The predicted molar refractivity (Wildman–Crippen MR) is 104 cm³/mol. The van der Waals surface area contributed by atoms with E-state index in [1.54, 1.807) is 12.5 Å². The number of hydrogen-bond donors (Lipinski definition) is 4. The molecule has 0 aromatic carbocycles. The van der Waals surface area contributed by atoms with Gasteiger partial charge in [0.2, 0.25) is 0 Å². The maximum Gasteiger partial charge on any atom is 0.407 e. The third-order valence-corrected chi connectivity index (χ3v) is 3.60.